The third-order valence-corrected chi connectivity index (χ3v) is 8.51. The number of ether oxygens (including phenoxy) is 1. The van der Waals surface area contributed by atoms with Crippen LogP contribution in [0.25, 0.3) is 28.3 Å². The van der Waals surface area contributed by atoms with Crippen molar-refractivity contribution in [1.29, 1.82) is 0 Å². The monoisotopic (exact) mass is 656 g/mol. The molecule has 0 saturated heterocycles. The first-order valence-electron chi connectivity index (χ1n) is 15.4. The topological polar surface area (TPSA) is 141 Å². The van der Waals surface area contributed by atoms with E-state index in [0.717, 1.165) is 34.4 Å². The molecule has 0 amide bonds. The van der Waals surface area contributed by atoms with Crippen molar-refractivity contribution in [3.63, 3.8) is 0 Å². The molecule has 0 spiro atoms. The van der Waals surface area contributed by atoms with Gasteiger partial charge in [0.1, 0.15) is 18.6 Å². The summed E-state index contributed by atoms with van der Waals surface area (Å²) in [5.41, 5.74) is 3.54. The van der Waals surface area contributed by atoms with Gasteiger partial charge in [-0.25, -0.2) is 13.7 Å². The van der Waals surface area contributed by atoms with Crippen LogP contribution in [0.3, 0.4) is 0 Å². The van der Waals surface area contributed by atoms with Crippen LogP contribution in [0.5, 0.6) is 0 Å². The molecule has 0 aliphatic heterocycles. The minimum atomic E-state index is -1.50. The SMILES string of the molecule is CCCc1c(Cc2ccc(-c3ccccc3-c3noc(=O)[nH]3)cc2)c(=O)n([C@H]2CC[C@H](OCC(C)(O)CF)CC2)c2ncnn12.[KH]. The van der Waals surface area contributed by atoms with Crippen LogP contribution in [0.15, 0.2) is 69.0 Å². The summed E-state index contributed by atoms with van der Waals surface area (Å²) in [6.45, 7) is 2.57. The second-order valence-electron chi connectivity index (χ2n) is 12.1. The fraction of sp³-hybridized carbons (Fsp3) is 0.424. The van der Waals surface area contributed by atoms with Crippen LogP contribution in [0.4, 0.5) is 4.39 Å². The number of aryl methyl sites for hydroxylation is 1. The predicted octanol–water partition coefficient (Wildman–Crippen LogP) is 4.02. The van der Waals surface area contributed by atoms with E-state index in [1.807, 2.05) is 53.0 Å². The van der Waals surface area contributed by atoms with Gasteiger partial charge in [0, 0.05) is 23.6 Å². The molecule has 238 valence electrons. The van der Waals surface area contributed by atoms with Crippen LogP contribution < -0.4 is 11.3 Å². The Hall–Kier alpha value is -2.78. The molecule has 1 aliphatic rings. The first-order chi connectivity index (χ1) is 21.8. The molecule has 1 unspecified atom stereocenters. The number of aromatic amines is 1. The normalized spacial score (nSPS) is 17.9. The number of H-pyrrole nitrogens is 1. The number of nitrogens with one attached hydrogen (secondary N) is 1. The third-order valence-electron chi connectivity index (χ3n) is 8.51. The van der Waals surface area contributed by atoms with Gasteiger partial charge in [-0.2, -0.15) is 10.1 Å². The van der Waals surface area contributed by atoms with Gasteiger partial charge in [-0.3, -0.25) is 18.9 Å². The molecule has 11 nitrogen and oxygen atoms in total. The number of aromatic nitrogens is 6. The first kappa shape index (κ1) is 34.5. The Bertz CT molecular complexity index is 1890. The summed E-state index contributed by atoms with van der Waals surface area (Å²) in [5, 5.41) is 18.4. The fourth-order valence-corrected chi connectivity index (χ4v) is 6.18. The van der Waals surface area contributed by atoms with E-state index in [2.05, 4.69) is 27.1 Å². The summed E-state index contributed by atoms with van der Waals surface area (Å²) in [6, 6.07) is 15.6. The Labute approximate surface area is 307 Å². The van der Waals surface area contributed by atoms with Crippen molar-refractivity contribution >= 4 is 57.2 Å². The molecule has 2 aromatic carbocycles. The number of fused-ring (bicyclic) bond motifs is 1. The summed E-state index contributed by atoms with van der Waals surface area (Å²) < 4.78 is 27.2. The maximum atomic E-state index is 14.3. The zero-order valence-corrected chi connectivity index (χ0v) is 25.4. The summed E-state index contributed by atoms with van der Waals surface area (Å²) >= 11 is 0. The summed E-state index contributed by atoms with van der Waals surface area (Å²) in [7, 11) is 0. The van der Waals surface area contributed by atoms with E-state index in [4.69, 9.17) is 9.26 Å². The molecule has 46 heavy (non-hydrogen) atoms. The fourth-order valence-electron chi connectivity index (χ4n) is 6.18. The van der Waals surface area contributed by atoms with E-state index in [-0.39, 0.29) is 75.7 Å². The Morgan fingerprint density at radius 2 is 1.80 bits per heavy atom. The Morgan fingerprint density at radius 1 is 1.09 bits per heavy atom. The van der Waals surface area contributed by atoms with Gasteiger partial charge in [0.05, 0.1) is 18.4 Å². The van der Waals surface area contributed by atoms with Crippen LogP contribution in [-0.2, 0) is 17.6 Å². The van der Waals surface area contributed by atoms with Gasteiger partial charge in [-0.05, 0) is 55.7 Å². The molecule has 2 N–H and O–H groups in total. The molecule has 0 bridgehead atoms. The van der Waals surface area contributed by atoms with Crippen LogP contribution in [-0.4, -0.2) is 111 Å². The molecule has 1 atom stereocenters. The molecule has 0 radical (unpaired) electrons. The van der Waals surface area contributed by atoms with Crippen molar-refractivity contribution in [2.45, 2.75) is 76.5 Å². The molecule has 3 heterocycles. The van der Waals surface area contributed by atoms with Gasteiger partial charge in [0.2, 0.25) is 5.78 Å². The van der Waals surface area contributed by atoms with Crippen LogP contribution in [0, 0.1) is 0 Å². The Kier molecular flexibility index (Phi) is 11.2. The van der Waals surface area contributed by atoms with E-state index in [1.165, 1.54) is 13.3 Å². The summed E-state index contributed by atoms with van der Waals surface area (Å²) in [4.78, 5) is 33.0. The average Bonchev–Trinajstić information content (AvgIpc) is 3.72. The van der Waals surface area contributed by atoms with Crippen molar-refractivity contribution in [2.75, 3.05) is 13.3 Å². The summed E-state index contributed by atoms with van der Waals surface area (Å²) in [5.74, 6) is 0.282. The van der Waals surface area contributed by atoms with E-state index in [9.17, 15) is 19.1 Å². The molecule has 6 rings (SSSR count). The number of halogens is 1. The third kappa shape index (κ3) is 7.35. The molecular formula is C33H38FKN6O5. The van der Waals surface area contributed by atoms with Gasteiger partial charge < -0.3 is 9.84 Å². The number of hydrogen-bond donors (Lipinski definition) is 2. The number of aliphatic hydroxyl groups is 1. The number of nitrogens with zero attached hydrogens (tertiary/aromatic N) is 5. The van der Waals surface area contributed by atoms with E-state index < -0.39 is 18.0 Å². The van der Waals surface area contributed by atoms with Crippen molar-refractivity contribution in [1.82, 2.24) is 29.3 Å². The molecule has 3 aromatic heterocycles. The molecule has 1 saturated carbocycles. The van der Waals surface area contributed by atoms with E-state index >= 15 is 0 Å². The number of hydrogen-bond acceptors (Lipinski definition) is 8. The Balaban J connectivity index is 0.00000417. The van der Waals surface area contributed by atoms with Crippen LogP contribution in [0.1, 0.15) is 68.8 Å². The quantitative estimate of drug-likeness (QED) is 0.203. The predicted molar refractivity (Wildman–Crippen MR) is 173 cm³/mol. The minimum absolute atomic E-state index is 0. The van der Waals surface area contributed by atoms with Crippen LogP contribution in [0.2, 0.25) is 0 Å². The van der Waals surface area contributed by atoms with Crippen molar-refractivity contribution < 1.29 is 18.8 Å². The first-order valence-corrected chi connectivity index (χ1v) is 15.4. The van der Waals surface area contributed by atoms with Crippen molar-refractivity contribution in [3.05, 3.63) is 92.6 Å². The number of rotatable bonds is 11. The zero-order valence-electron chi connectivity index (χ0n) is 25.4. The number of benzene rings is 2. The Morgan fingerprint density at radius 3 is 2.46 bits per heavy atom. The zero-order chi connectivity index (χ0) is 31.6. The standard InChI is InChI=1S/C33H37FN6O5.K.H/c1-3-6-28-27(17-21-9-11-22(12-10-21)25-7-4-5-8-26(25)29-37-32(42)45-38-29)30(41)39(31-35-20-36-40(28)31)23-13-15-24(16-14-23)44-19-33(2,43)18-34;;/h4-5,7-12,20,23-24,43H,3,6,13-19H2,1-2H3,(H,37,38,42);;/t23-,24-,33?;;. The van der Waals surface area contributed by atoms with Gasteiger partial charge in [-0.1, -0.05) is 67.0 Å². The molecule has 5 aromatic rings. The second-order valence-corrected chi connectivity index (χ2v) is 12.1. The van der Waals surface area contributed by atoms with E-state index in [0.29, 0.717) is 55.7 Å². The van der Waals surface area contributed by atoms with Gasteiger partial charge in [-0.15, -0.1) is 0 Å². The van der Waals surface area contributed by atoms with Crippen LogP contribution >= 0.6 is 0 Å². The van der Waals surface area contributed by atoms with Gasteiger partial charge in [0.15, 0.2) is 5.82 Å². The molecule has 1 aliphatic carbocycles. The van der Waals surface area contributed by atoms with E-state index in [1.54, 1.807) is 4.57 Å². The van der Waals surface area contributed by atoms with Gasteiger partial charge in [0.25, 0.3) is 5.56 Å². The maximum absolute atomic E-state index is 14.3. The summed E-state index contributed by atoms with van der Waals surface area (Å²) in [6.07, 6.45) is 6.13. The van der Waals surface area contributed by atoms with Crippen molar-refractivity contribution in [3.8, 4) is 22.5 Å². The average molecular weight is 657 g/mol. The molecular weight excluding hydrogens is 618 g/mol. The molecule has 1 fully saturated rings. The molecule has 13 heteroatoms. The van der Waals surface area contributed by atoms with Gasteiger partial charge >= 0.3 is 57.1 Å². The second kappa shape index (κ2) is 15.0. The number of alkyl halides is 1. The van der Waals surface area contributed by atoms with Crippen molar-refractivity contribution in [2.24, 2.45) is 0 Å².